The number of nitrogens with zero attached hydrogens (tertiary/aromatic N) is 1. The minimum Gasteiger partial charge on any atom is -0.352 e. The monoisotopic (exact) mass is 292 g/mol. The van der Waals surface area contributed by atoms with Crippen molar-refractivity contribution in [3.05, 3.63) is 0 Å². The largest absolute Gasteiger partial charge is 0.352 e. The average Bonchev–Trinajstić information content (AvgIpc) is 2.73. The summed E-state index contributed by atoms with van der Waals surface area (Å²) in [5.41, 5.74) is 0.522. The first kappa shape index (κ1) is 13.4. The van der Waals surface area contributed by atoms with Crippen molar-refractivity contribution in [2.75, 3.05) is 19.6 Å². The summed E-state index contributed by atoms with van der Waals surface area (Å²) in [7, 11) is 0. The molecule has 2 bridgehead atoms. The number of carbonyl (C=O) groups excluding carboxylic acids is 2. The lowest BCUT2D eigenvalue weighted by Crippen LogP contribution is -2.58. The first-order chi connectivity index (χ1) is 10.2. The zero-order chi connectivity index (χ0) is 14.4. The molecule has 4 rings (SSSR count). The summed E-state index contributed by atoms with van der Waals surface area (Å²) in [4.78, 5) is 26.0. The normalized spacial score (nSPS) is 34.5. The van der Waals surface area contributed by atoms with Crippen LogP contribution in [0.5, 0.6) is 0 Å². The second kappa shape index (κ2) is 4.87. The van der Waals surface area contributed by atoms with Crippen LogP contribution in [0.15, 0.2) is 0 Å². The molecule has 2 atom stereocenters. The van der Waals surface area contributed by atoms with Gasteiger partial charge in [-0.1, -0.05) is 0 Å². The quantitative estimate of drug-likeness (QED) is 0.680. The molecule has 6 nitrogen and oxygen atoms in total. The Kier molecular flexibility index (Phi) is 3.10. The molecule has 2 unspecified atom stereocenters. The van der Waals surface area contributed by atoms with Crippen molar-refractivity contribution < 1.29 is 9.59 Å². The predicted octanol–water partition coefficient (Wildman–Crippen LogP) is 0.191. The van der Waals surface area contributed by atoms with Crippen LogP contribution in [0, 0.1) is 5.41 Å². The molecular formula is C15H24N4O2. The lowest BCUT2D eigenvalue weighted by atomic mass is 9.68. The molecule has 116 valence electrons. The second-order valence-corrected chi connectivity index (χ2v) is 7.28. The highest BCUT2D eigenvalue weighted by Crippen LogP contribution is 2.39. The summed E-state index contributed by atoms with van der Waals surface area (Å²) in [5.74, 6) is 0.0539. The molecule has 0 radical (unpaired) electrons. The Morgan fingerprint density at radius 2 is 1.95 bits per heavy atom. The standard InChI is InChI=1S/C15H24N4O2/c20-13(12-2-1-11-7-19(12)14(21)18-11)17-10-3-5-15(6-4-10)8-16-9-15/h10-12,16H,1-9H2,(H,17,20)(H,18,21). The van der Waals surface area contributed by atoms with Crippen LogP contribution < -0.4 is 16.0 Å². The topological polar surface area (TPSA) is 73.5 Å². The Bertz CT molecular complexity index is 453. The number of nitrogens with one attached hydrogen (secondary N) is 3. The summed E-state index contributed by atoms with van der Waals surface area (Å²) in [5, 5.41) is 9.49. The van der Waals surface area contributed by atoms with Crippen LogP contribution in [0.25, 0.3) is 0 Å². The Balaban J connectivity index is 1.32. The highest BCUT2D eigenvalue weighted by Gasteiger charge is 2.43. The van der Waals surface area contributed by atoms with Crippen molar-refractivity contribution in [3.8, 4) is 0 Å². The van der Waals surface area contributed by atoms with Crippen molar-refractivity contribution in [1.82, 2.24) is 20.9 Å². The molecule has 3 N–H and O–H groups in total. The molecule has 0 aromatic rings. The predicted molar refractivity (Wildman–Crippen MR) is 77.7 cm³/mol. The summed E-state index contributed by atoms with van der Waals surface area (Å²) in [6.45, 7) is 2.98. The van der Waals surface area contributed by atoms with Crippen LogP contribution >= 0.6 is 0 Å². The van der Waals surface area contributed by atoms with E-state index in [0.717, 1.165) is 38.8 Å². The molecule has 4 fully saturated rings. The van der Waals surface area contributed by atoms with Crippen molar-refractivity contribution in [3.63, 3.8) is 0 Å². The molecular weight excluding hydrogens is 268 g/mol. The smallest absolute Gasteiger partial charge is 0.318 e. The second-order valence-electron chi connectivity index (χ2n) is 7.28. The lowest BCUT2D eigenvalue weighted by molar-refractivity contribution is -0.127. The maximum absolute atomic E-state index is 12.5. The molecule has 3 saturated heterocycles. The minimum absolute atomic E-state index is 0.0539. The molecule has 1 saturated carbocycles. The zero-order valence-electron chi connectivity index (χ0n) is 12.4. The third-order valence-electron chi connectivity index (χ3n) is 5.87. The van der Waals surface area contributed by atoms with Gasteiger partial charge in [-0.15, -0.1) is 0 Å². The van der Waals surface area contributed by atoms with Crippen LogP contribution in [-0.4, -0.2) is 54.6 Å². The van der Waals surface area contributed by atoms with E-state index in [0.29, 0.717) is 18.0 Å². The van der Waals surface area contributed by atoms with E-state index in [2.05, 4.69) is 16.0 Å². The van der Waals surface area contributed by atoms with Gasteiger partial charge in [-0.2, -0.15) is 0 Å². The first-order valence-electron chi connectivity index (χ1n) is 8.23. The van der Waals surface area contributed by atoms with Gasteiger partial charge in [-0.25, -0.2) is 4.79 Å². The van der Waals surface area contributed by atoms with Crippen molar-refractivity contribution in [2.45, 2.75) is 56.7 Å². The van der Waals surface area contributed by atoms with Crippen LogP contribution in [0.4, 0.5) is 4.79 Å². The maximum Gasteiger partial charge on any atom is 0.318 e. The van der Waals surface area contributed by atoms with Gasteiger partial charge in [-0.05, 0) is 43.9 Å². The Morgan fingerprint density at radius 1 is 1.19 bits per heavy atom. The number of carbonyl (C=O) groups is 2. The van der Waals surface area contributed by atoms with E-state index in [4.69, 9.17) is 0 Å². The summed E-state index contributed by atoms with van der Waals surface area (Å²) >= 11 is 0. The maximum atomic E-state index is 12.5. The van der Waals surface area contributed by atoms with Gasteiger partial charge in [0.2, 0.25) is 5.91 Å². The molecule has 0 aromatic carbocycles. The average molecular weight is 292 g/mol. The van der Waals surface area contributed by atoms with Gasteiger partial charge >= 0.3 is 6.03 Å². The van der Waals surface area contributed by atoms with Gasteiger partial charge in [-0.3, -0.25) is 4.79 Å². The summed E-state index contributed by atoms with van der Waals surface area (Å²) in [6.07, 6.45) is 6.28. The Morgan fingerprint density at radius 3 is 2.62 bits per heavy atom. The lowest BCUT2D eigenvalue weighted by Gasteiger charge is -2.47. The number of urea groups is 1. The van der Waals surface area contributed by atoms with E-state index in [9.17, 15) is 9.59 Å². The van der Waals surface area contributed by atoms with Crippen LogP contribution in [-0.2, 0) is 4.79 Å². The van der Waals surface area contributed by atoms with Gasteiger partial charge in [0, 0.05) is 31.7 Å². The number of amides is 3. The fraction of sp³-hybridized carbons (Fsp3) is 0.867. The molecule has 0 aromatic heterocycles. The summed E-state index contributed by atoms with van der Waals surface area (Å²) < 4.78 is 0. The molecule has 1 aliphatic carbocycles. The number of piperidine rings is 1. The van der Waals surface area contributed by atoms with Crippen molar-refractivity contribution in [2.24, 2.45) is 5.41 Å². The molecule has 6 heteroatoms. The SMILES string of the molecule is O=C(NC1CCC2(CC1)CNC2)C1CCC2CN1C(=O)N2. The molecule has 1 spiro atoms. The third-order valence-corrected chi connectivity index (χ3v) is 5.87. The van der Waals surface area contributed by atoms with E-state index < -0.39 is 0 Å². The highest BCUT2D eigenvalue weighted by atomic mass is 16.2. The number of fused-ring (bicyclic) bond motifs is 2. The number of rotatable bonds is 2. The van der Waals surface area contributed by atoms with E-state index in [1.807, 2.05) is 0 Å². The summed E-state index contributed by atoms with van der Waals surface area (Å²) in [6, 6.07) is 0.222. The number of hydrogen-bond donors (Lipinski definition) is 3. The van der Waals surface area contributed by atoms with Gasteiger partial charge in [0.15, 0.2) is 0 Å². The molecule has 3 amide bonds. The molecule has 4 aliphatic rings. The zero-order valence-corrected chi connectivity index (χ0v) is 12.4. The third kappa shape index (κ3) is 2.29. The number of hydrogen-bond acceptors (Lipinski definition) is 3. The van der Waals surface area contributed by atoms with Gasteiger partial charge in [0.1, 0.15) is 6.04 Å². The van der Waals surface area contributed by atoms with Crippen molar-refractivity contribution in [1.29, 1.82) is 0 Å². The highest BCUT2D eigenvalue weighted by molar-refractivity contribution is 5.89. The fourth-order valence-electron chi connectivity index (χ4n) is 4.35. The van der Waals surface area contributed by atoms with E-state index >= 15 is 0 Å². The van der Waals surface area contributed by atoms with E-state index in [1.165, 1.54) is 12.8 Å². The minimum atomic E-state index is -0.259. The van der Waals surface area contributed by atoms with Gasteiger partial charge in [0.25, 0.3) is 0 Å². The van der Waals surface area contributed by atoms with Gasteiger partial charge < -0.3 is 20.9 Å². The van der Waals surface area contributed by atoms with Crippen LogP contribution in [0.3, 0.4) is 0 Å². The molecule has 21 heavy (non-hydrogen) atoms. The fourth-order valence-corrected chi connectivity index (χ4v) is 4.35. The van der Waals surface area contributed by atoms with E-state index in [1.54, 1.807) is 4.90 Å². The van der Waals surface area contributed by atoms with Crippen LogP contribution in [0.1, 0.15) is 38.5 Å². The van der Waals surface area contributed by atoms with Crippen LogP contribution in [0.2, 0.25) is 0 Å². The van der Waals surface area contributed by atoms with Gasteiger partial charge in [0.05, 0.1) is 0 Å². The first-order valence-corrected chi connectivity index (χ1v) is 8.23. The Labute approximate surface area is 125 Å². The van der Waals surface area contributed by atoms with Crippen molar-refractivity contribution >= 4 is 11.9 Å². The molecule has 3 aliphatic heterocycles. The molecule has 3 heterocycles. The van der Waals surface area contributed by atoms with E-state index in [-0.39, 0.29) is 24.0 Å². The Hall–Kier alpha value is -1.30.